The van der Waals surface area contributed by atoms with Crippen molar-refractivity contribution in [3.05, 3.63) is 41.5 Å². The van der Waals surface area contributed by atoms with E-state index in [2.05, 4.69) is 31.6 Å². The van der Waals surface area contributed by atoms with Crippen LogP contribution in [0.1, 0.15) is 6.92 Å². The molecule has 0 fully saturated rings. The van der Waals surface area contributed by atoms with Crippen molar-refractivity contribution in [2.24, 2.45) is 17.3 Å². The molecular weight excluding hydrogens is 312 g/mol. The van der Waals surface area contributed by atoms with Gasteiger partial charge in [-0.3, -0.25) is 21.3 Å². The van der Waals surface area contributed by atoms with Crippen LogP contribution in [-0.2, 0) is 11.8 Å². The monoisotopic (exact) mass is 334 g/mol. The predicted molar refractivity (Wildman–Crippen MR) is 88.8 cm³/mol. The molecule has 0 amide bonds. The number of amidine groups is 1. The van der Waals surface area contributed by atoms with Gasteiger partial charge in [-0.1, -0.05) is 0 Å². The predicted octanol–water partition coefficient (Wildman–Crippen LogP) is -0.464. The number of methoxy groups -OCH3 is 2. The highest BCUT2D eigenvalue weighted by Crippen LogP contribution is 2.04. The molecule has 0 aliphatic carbocycles. The average molecular weight is 334 g/mol. The van der Waals surface area contributed by atoms with Crippen molar-refractivity contribution < 1.29 is 9.47 Å². The van der Waals surface area contributed by atoms with Gasteiger partial charge in [0.1, 0.15) is 11.7 Å². The van der Waals surface area contributed by atoms with E-state index in [1.54, 1.807) is 50.0 Å². The number of hydrogen-bond donors (Lipinski definition) is 3. The van der Waals surface area contributed by atoms with Crippen LogP contribution in [0.2, 0.25) is 0 Å². The van der Waals surface area contributed by atoms with E-state index in [0.717, 1.165) is 5.82 Å². The number of rotatable bonds is 5. The summed E-state index contributed by atoms with van der Waals surface area (Å²) in [6.45, 7) is 1.79. The van der Waals surface area contributed by atoms with Crippen molar-refractivity contribution in [1.29, 1.82) is 0 Å². The summed E-state index contributed by atoms with van der Waals surface area (Å²) in [7, 11) is 6.79. The fourth-order valence-electron chi connectivity index (χ4n) is 1.77. The average Bonchev–Trinajstić information content (AvgIpc) is 2.59. The molecule has 0 radical (unpaired) electrons. The summed E-state index contributed by atoms with van der Waals surface area (Å²) < 4.78 is 11.7. The normalized spacial score (nSPS) is 15.3. The Morgan fingerprint density at radius 2 is 2.00 bits per heavy atom. The van der Waals surface area contributed by atoms with Gasteiger partial charge >= 0.3 is 0 Å². The van der Waals surface area contributed by atoms with Crippen LogP contribution in [0.25, 0.3) is 0 Å². The van der Waals surface area contributed by atoms with E-state index < -0.39 is 0 Å². The fourth-order valence-corrected chi connectivity index (χ4v) is 1.77. The minimum absolute atomic E-state index is 0.514. The van der Waals surface area contributed by atoms with Crippen molar-refractivity contribution in [2.75, 3.05) is 21.3 Å². The third kappa shape index (κ3) is 4.41. The van der Waals surface area contributed by atoms with Gasteiger partial charge in [-0.15, -0.1) is 15.3 Å². The van der Waals surface area contributed by atoms with Gasteiger partial charge in [0.15, 0.2) is 5.49 Å². The molecular formula is C14H22N8O2. The van der Waals surface area contributed by atoms with Gasteiger partial charge in [-0.25, -0.2) is 4.68 Å². The fraction of sp³-hybridized carbons (Fsp3) is 0.357. The summed E-state index contributed by atoms with van der Waals surface area (Å²) >= 11 is 0. The SMILES string of the molecule is COC1=CC=C(NN/C(C)=N/N=c2/ccc(OC)nn2C)N(C)N1. The van der Waals surface area contributed by atoms with Crippen LogP contribution in [0, 0.1) is 0 Å². The molecule has 2 rings (SSSR count). The zero-order valence-electron chi connectivity index (χ0n) is 14.4. The number of nitrogens with one attached hydrogen (secondary N) is 3. The molecule has 1 aromatic rings. The first-order valence-electron chi connectivity index (χ1n) is 7.18. The molecule has 3 N–H and O–H groups in total. The Kier molecular flexibility index (Phi) is 5.66. The van der Waals surface area contributed by atoms with E-state index >= 15 is 0 Å². The molecule has 0 aromatic carbocycles. The van der Waals surface area contributed by atoms with E-state index in [1.165, 1.54) is 0 Å². The first-order valence-corrected chi connectivity index (χ1v) is 7.18. The lowest BCUT2D eigenvalue weighted by atomic mass is 10.4. The lowest BCUT2D eigenvalue weighted by Crippen LogP contribution is -2.46. The van der Waals surface area contributed by atoms with Gasteiger partial charge in [-0.2, -0.15) is 0 Å². The second-order valence-electron chi connectivity index (χ2n) is 4.85. The number of hydrogen-bond acceptors (Lipinski definition) is 8. The minimum atomic E-state index is 0.514. The summed E-state index contributed by atoms with van der Waals surface area (Å²) in [4.78, 5) is 0. The van der Waals surface area contributed by atoms with Crippen molar-refractivity contribution in [3.63, 3.8) is 0 Å². The number of ether oxygens (including phenoxy) is 2. The Hall–Kier alpha value is -3.17. The molecule has 10 heteroatoms. The molecule has 0 bridgehead atoms. The molecule has 0 saturated heterocycles. The molecule has 0 atom stereocenters. The highest BCUT2D eigenvalue weighted by Gasteiger charge is 2.10. The van der Waals surface area contributed by atoms with Crippen LogP contribution in [0.5, 0.6) is 5.88 Å². The molecule has 1 aliphatic heterocycles. The second kappa shape index (κ2) is 7.90. The molecule has 1 aliphatic rings. The van der Waals surface area contributed by atoms with E-state index in [9.17, 15) is 0 Å². The van der Waals surface area contributed by atoms with Crippen LogP contribution < -0.4 is 26.5 Å². The second-order valence-corrected chi connectivity index (χ2v) is 4.85. The zero-order chi connectivity index (χ0) is 17.5. The van der Waals surface area contributed by atoms with Gasteiger partial charge in [-0.05, 0) is 19.1 Å². The molecule has 2 heterocycles. The van der Waals surface area contributed by atoms with E-state index in [1.807, 2.05) is 19.2 Å². The summed E-state index contributed by atoms with van der Waals surface area (Å²) in [5, 5.41) is 14.2. The highest BCUT2D eigenvalue weighted by molar-refractivity contribution is 5.78. The molecule has 0 saturated carbocycles. The Bertz CT molecular complexity index is 735. The molecule has 10 nitrogen and oxygen atoms in total. The third-order valence-corrected chi connectivity index (χ3v) is 3.09. The zero-order valence-corrected chi connectivity index (χ0v) is 14.4. The summed E-state index contributed by atoms with van der Waals surface area (Å²) in [6, 6.07) is 3.50. The largest absolute Gasteiger partial charge is 0.481 e. The Morgan fingerprint density at radius 3 is 2.62 bits per heavy atom. The number of allylic oxidation sites excluding steroid dienone is 2. The minimum Gasteiger partial charge on any atom is -0.481 e. The summed E-state index contributed by atoms with van der Waals surface area (Å²) in [6.07, 6.45) is 3.67. The standard InChI is InChI=1S/C14H22N8O2/c1-10(15-17-11-6-8-13(23-4)19-21(11)2)16-18-12-7-9-14(24-5)20-22(12)3/h6-9,17,19H,1-5H3,(H,15,16)/b18-12-. The van der Waals surface area contributed by atoms with Gasteiger partial charge in [0.05, 0.1) is 14.2 Å². The first-order chi connectivity index (χ1) is 11.5. The maximum Gasteiger partial charge on any atom is 0.231 e. The van der Waals surface area contributed by atoms with Crippen LogP contribution in [0.15, 0.2) is 46.2 Å². The Morgan fingerprint density at radius 1 is 1.21 bits per heavy atom. The Balaban J connectivity index is 2.01. The van der Waals surface area contributed by atoms with Gasteiger partial charge in [0.25, 0.3) is 0 Å². The molecule has 1 aromatic heterocycles. The lowest BCUT2D eigenvalue weighted by molar-refractivity contribution is 0.179. The maximum absolute atomic E-state index is 5.11. The van der Waals surface area contributed by atoms with E-state index in [4.69, 9.17) is 9.47 Å². The summed E-state index contributed by atoms with van der Waals surface area (Å²) in [5.74, 6) is 2.55. The van der Waals surface area contributed by atoms with E-state index in [-0.39, 0.29) is 0 Å². The van der Waals surface area contributed by atoms with Gasteiger partial charge in [0.2, 0.25) is 11.8 Å². The Labute approximate surface area is 140 Å². The lowest BCUT2D eigenvalue weighted by Gasteiger charge is -2.28. The third-order valence-electron chi connectivity index (χ3n) is 3.09. The van der Waals surface area contributed by atoms with Crippen LogP contribution >= 0.6 is 0 Å². The molecule has 130 valence electrons. The number of aryl methyl sites for hydroxylation is 1. The van der Waals surface area contributed by atoms with Crippen LogP contribution in [0.3, 0.4) is 0 Å². The van der Waals surface area contributed by atoms with Crippen LogP contribution in [0.4, 0.5) is 0 Å². The highest BCUT2D eigenvalue weighted by atomic mass is 16.5. The van der Waals surface area contributed by atoms with Crippen molar-refractivity contribution >= 4 is 5.84 Å². The topological polar surface area (TPSA) is 100 Å². The summed E-state index contributed by atoms with van der Waals surface area (Å²) in [5.41, 5.74) is 9.61. The molecule has 0 spiro atoms. The van der Waals surface area contributed by atoms with E-state index in [0.29, 0.717) is 23.1 Å². The molecule has 24 heavy (non-hydrogen) atoms. The van der Waals surface area contributed by atoms with Gasteiger partial charge in [0, 0.05) is 26.2 Å². The number of hydrazine groups is 2. The molecule has 0 unspecified atom stereocenters. The number of nitrogens with zero attached hydrogens (tertiary/aromatic N) is 5. The quantitative estimate of drug-likeness (QED) is 0.380. The van der Waals surface area contributed by atoms with Crippen molar-refractivity contribution in [3.8, 4) is 5.88 Å². The maximum atomic E-state index is 5.11. The first kappa shape index (κ1) is 17.2. The van der Waals surface area contributed by atoms with Gasteiger partial charge < -0.3 is 9.47 Å². The number of aromatic nitrogens is 2. The van der Waals surface area contributed by atoms with Crippen molar-refractivity contribution in [2.45, 2.75) is 6.92 Å². The van der Waals surface area contributed by atoms with Crippen molar-refractivity contribution in [1.82, 2.24) is 31.1 Å². The smallest absolute Gasteiger partial charge is 0.231 e. The van der Waals surface area contributed by atoms with Crippen LogP contribution in [-0.4, -0.2) is 41.9 Å².